The van der Waals surface area contributed by atoms with Crippen LogP contribution in [0, 0.1) is 5.82 Å². The molecule has 1 aromatic carbocycles. The average molecular weight is 206 g/mol. The van der Waals surface area contributed by atoms with Crippen LogP contribution in [-0.4, -0.2) is 0 Å². The first-order chi connectivity index (χ1) is 7.24. The zero-order valence-corrected chi connectivity index (χ0v) is 9.43. The Morgan fingerprint density at radius 3 is 2.40 bits per heavy atom. The molecule has 0 radical (unpaired) electrons. The molecule has 0 aliphatic heterocycles. The molecule has 1 heteroatoms. The van der Waals surface area contributed by atoms with Crippen LogP contribution in [0.2, 0.25) is 0 Å². The summed E-state index contributed by atoms with van der Waals surface area (Å²) in [6, 6.07) is 6.59. The fraction of sp³-hybridized carbons (Fsp3) is 0.429. The van der Waals surface area contributed by atoms with Crippen molar-refractivity contribution in [1.82, 2.24) is 0 Å². The summed E-state index contributed by atoms with van der Waals surface area (Å²) >= 11 is 0. The molecule has 0 aromatic heterocycles. The van der Waals surface area contributed by atoms with Crippen LogP contribution >= 0.6 is 0 Å². The first kappa shape index (κ1) is 12.0. The predicted octanol–water partition coefficient (Wildman–Crippen LogP) is 4.81. The van der Waals surface area contributed by atoms with E-state index >= 15 is 0 Å². The molecule has 0 N–H and O–H groups in total. The maximum absolute atomic E-state index is 12.7. The Hall–Kier alpha value is -1.11. The first-order valence-electron chi connectivity index (χ1n) is 5.67. The highest BCUT2D eigenvalue weighted by molar-refractivity contribution is 5.62. The minimum Gasteiger partial charge on any atom is -0.207 e. The van der Waals surface area contributed by atoms with Gasteiger partial charge in [0.15, 0.2) is 0 Å². The van der Waals surface area contributed by atoms with Crippen LogP contribution in [0.3, 0.4) is 0 Å². The number of hydrogen-bond donors (Lipinski definition) is 0. The van der Waals surface area contributed by atoms with E-state index in [2.05, 4.69) is 13.5 Å². The molecule has 82 valence electrons. The molecule has 1 aromatic rings. The summed E-state index contributed by atoms with van der Waals surface area (Å²) in [4.78, 5) is 0. The van der Waals surface area contributed by atoms with E-state index in [4.69, 9.17) is 0 Å². The maximum atomic E-state index is 12.7. The minimum absolute atomic E-state index is 0.183. The standard InChI is InChI=1S/C14H19F/c1-3-4-5-6-7-12(2)13-8-10-14(15)11-9-13/h8-11H,2-7H2,1H3. The summed E-state index contributed by atoms with van der Waals surface area (Å²) in [5.74, 6) is -0.183. The summed E-state index contributed by atoms with van der Waals surface area (Å²) in [5.41, 5.74) is 2.18. The highest BCUT2D eigenvalue weighted by Gasteiger charge is 1.99. The van der Waals surface area contributed by atoms with Crippen molar-refractivity contribution < 1.29 is 4.39 Å². The molecule has 0 atom stereocenters. The van der Waals surface area contributed by atoms with Gasteiger partial charge in [-0.2, -0.15) is 0 Å². The van der Waals surface area contributed by atoms with Crippen LogP contribution < -0.4 is 0 Å². The van der Waals surface area contributed by atoms with Crippen molar-refractivity contribution in [2.75, 3.05) is 0 Å². The Morgan fingerprint density at radius 2 is 1.80 bits per heavy atom. The minimum atomic E-state index is -0.183. The molecule has 0 aliphatic rings. The molecule has 0 nitrogen and oxygen atoms in total. The van der Waals surface area contributed by atoms with Gasteiger partial charge >= 0.3 is 0 Å². The van der Waals surface area contributed by atoms with Crippen molar-refractivity contribution in [3.8, 4) is 0 Å². The molecule has 15 heavy (non-hydrogen) atoms. The summed E-state index contributed by atoms with van der Waals surface area (Å²) in [5, 5.41) is 0. The van der Waals surface area contributed by atoms with Crippen molar-refractivity contribution in [3.05, 3.63) is 42.2 Å². The molecule has 0 aliphatic carbocycles. The third kappa shape index (κ3) is 4.28. The Kier molecular flexibility index (Phi) is 5.09. The zero-order chi connectivity index (χ0) is 11.1. The second-order valence-corrected chi connectivity index (χ2v) is 3.92. The van der Waals surface area contributed by atoms with Gasteiger partial charge in [0.25, 0.3) is 0 Å². The van der Waals surface area contributed by atoms with Gasteiger partial charge in [0, 0.05) is 0 Å². The first-order valence-corrected chi connectivity index (χ1v) is 5.67. The van der Waals surface area contributed by atoms with Gasteiger partial charge in [-0.1, -0.05) is 44.9 Å². The lowest BCUT2D eigenvalue weighted by atomic mass is 10.0. The Bertz CT molecular complexity index is 298. The maximum Gasteiger partial charge on any atom is 0.123 e. The average Bonchev–Trinajstić information content (AvgIpc) is 2.25. The molecule has 0 amide bonds. The van der Waals surface area contributed by atoms with E-state index in [-0.39, 0.29) is 5.82 Å². The lowest BCUT2D eigenvalue weighted by molar-refractivity contribution is 0.627. The summed E-state index contributed by atoms with van der Waals surface area (Å²) < 4.78 is 12.7. The molecule has 0 saturated heterocycles. The Morgan fingerprint density at radius 1 is 1.13 bits per heavy atom. The zero-order valence-electron chi connectivity index (χ0n) is 9.43. The van der Waals surface area contributed by atoms with Gasteiger partial charge in [0.1, 0.15) is 5.82 Å². The summed E-state index contributed by atoms with van der Waals surface area (Å²) in [7, 11) is 0. The molecule has 0 spiro atoms. The van der Waals surface area contributed by atoms with E-state index in [0.29, 0.717) is 0 Å². The van der Waals surface area contributed by atoms with E-state index in [1.165, 1.54) is 37.8 Å². The Balaban J connectivity index is 2.37. The van der Waals surface area contributed by atoms with Crippen LogP contribution in [0.1, 0.15) is 44.6 Å². The van der Waals surface area contributed by atoms with Crippen molar-refractivity contribution in [2.24, 2.45) is 0 Å². The summed E-state index contributed by atoms with van der Waals surface area (Å²) in [6.45, 7) is 6.23. The smallest absolute Gasteiger partial charge is 0.123 e. The third-order valence-corrected chi connectivity index (χ3v) is 2.58. The highest BCUT2D eigenvalue weighted by atomic mass is 19.1. The monoisotopic (exact) mass is 206 g/mol. The van der Waals surface area contributed by atoms with Crippen LogP contribution in [0.15, 0.2) is 30.8 Å². The van der Waals surface area contributed by atoms with Crippen molar-refractivity contribution in [3.63, 3.8) is 0 Å². The van der Waals surface area contributed by atoms with Crippen LogP contribution in [0.5, 0.6) is 0 Å². The van der Waals surface area contributed by atoms with Crippen molar-refractivity contribution in [1.29, 1.82) is 0 Å². The van der Waals surface area contributed by atoms with E-state index in [1.807, 2.05) is 0 Å². The van der Waals surface area contributed by atoms with Gasteiger partial charge < -0.3 is 0 Å². The molecular weight excluding hydrogens is 187 g/mol. The molecule has 0 unspecified atom stereocenters. The fourth-order valence-corrected chi connectivity index (χ4v) is 1.60. The number of unbranched alkanes of at least 4 members (excludes halogenated alkanes) is 3. The number of allylic oxidation sites excluding steroid dienone is 1. The van der Waals surface area contributed by atoms with Crippen LogP contribution in [0.25, 0.3) is 5.57 Å². The molecule has 0 fully saturated rings. The molecule has 0 bridgehead atoms. The molecule has 0 heterocycles. The van der Waals surface area contributed by atoms with Gasteiger partial charge in [-0.3, -0.25) is 0 Å². The van der Waals surface area contributed by atoms with E-state index in [0.717, 1.165) is 17.6 Å². The Labute approximate surface area is 91.8 Å². The largest absolute Gasteiger partial charge is 0.207 e. The molecule has 1 rings (SSSR count). The number of benzene rings is 1. The van der Waals surface area contributed by atoms with Crippen LogP contribution in [-0.2, 0) is 0 Å². The fourth-order valence-electron chi connectivity index (χ4n) is 1.60. The molecular formula is C14H19F. The van der Waals surface area contributed by atoms with Gasteiger partial charge in [0.2, 0.25) is 0 Å². The lowest BCUT2D eigenvalue weighted by Crippen LogP contribution is -1.85. The third-order valence-electron chi connectivity index (χ3n) is 2.58. The molecule has 0 saturated carbocycles. The summed E-state index contributed by atoms with van der Waals surface area (Å²) in [6.07, 6.45) is 6.01. The topological polar surface area (TPSA) is 0 Å². The highest BCUT2D eigenvalue weighted by Crippen LogP contribution is 2.19. The van der Waals surface area contributed by atoms with Crippen molar-refractivity contribution in [2.45, 2.75) is 39.0 Å². The van der Waals surface area contributed by atoms with E-state index in [9.17, 15) is 4.39 Å². The van der Waals surface area contributed by atoms with Crippen LogP contribution in [0.4, 0.5) is 4.39 Å². The number of hydrogen-bond acceptors (Lipinski definition) is 0. The normalized spacial score (nSPS) is 10.3. The predicted molar refractivity (Wildman–Crippen MR) is 64.2 cm³/mol. The number of rotatable bonds is 6. The SMILES string of the molecule is C=C(CCCCCC)c1ccc(F)cc1. The quantitative estimate of drug-likeness (QED) is 0.586. The van der Waals surface area contributed by atoms with Gasteiger partial charge in [-0.15, -0.1) is 0 Å². The second kappa shape index (κ2) is 6.39. The second-order valence-electron chi connectivity index (χ2n) is 3.92. The van der Waals surface area contributed by atoms with E-state index < -0.39 is 0 Å². The van der Waals surface area contributed by atoms with E-state index in [1.54, 1.807) is 12.1 Å². The van der Waals surface area contributed by atoms with Gasteiger partial charge in [-0.25, -0.2) is 4.39 Å². The van der Waals surface area contributed by atoms with Gasteiger partial charge in [0.05, 0.1) is 0 Å². The van der Waals surface area contributed by atoms with Gasteiger partial charge in [-0.05, 0) is 36.1 Å². The number of halogens is 1. The van der Waals surface area contributed by atoms with Crippen molar-refractivity contribution >= 4 is 5.57 Å². The lowest BCUT2D eigenvalue weighted by Gasteiger charge is -2.05.